The number of rotatable bonds is 10. The maximum atomic E-state index is 14.1. The summed E-state index contributed by atoms with van der Waals surface area (Å²) in [5.41, 5.74) is 1.86. The first kappa shape index (κ1) is 31.3. The van der Waals surface area contributed by atoms with E-state index in [0.29, 0.717) is 0 Å². The van der Waals surface area contributed by atoms with Crippen molar-refractivity contribution in [3.05, 3.63) is 92.4 Å². The van der Waals surface area contributed by atoms with Crippen LogP contribution in [0.3, 0.4) is 0 Å². The Morgan fingerprint density at radius 2 is 1.68 bits per heavy atom. The van der Waals surface area contributed by atoms with Crippen molar-refractivity contribution in [2.45, 2.75) is 63.1 Å². The lowest BCUT2D eigenvalue weighted by molar-refractivity contribution is -0.139. The Morgan fingerprint density at radius 3 is 2.32 bits per heavy atom. The first-order valence-corrected chi connectivity index (χ1v) is 16.3. The molecule has 0 unspecified atom stereocenters. The molecule has 1 fully saturated rings. The molecule has 4 rings (SSSR count). The maximum absolute atomic E-state index is 14.1. The van der Waals surface area contributed by atoms with E-state index in [1.807, 2.05) is 31.2 Å². The lowest BCUT2D eigenvalue weighted by Crippen LogP contribution is -2.52. The number of benzene rings is 3. The Hall–Kier alpha value is -2.59. The van der Waals surface area contributed by atoms with Crippen molar-refractivity contribution < 1.29 is 18.0 Å². The normalized spacial score (nSPS) is 14.5. The SMILES string of the molecule is Cc1ccc(S(=O)(=O)N(CC(=O)N(Cc2cccc(Br)c2)[C@H](C)C(=O)NC2CCCC2)c2ccc(Cl)c(Cl)c2)cc1. The van der Waals surface area contributed by atoms with Crippen molar-refractivity contribution in [3.63, 3.8) is 0 Å². The Morgan fingerprint density at radius 1 is 1.00 bits per heavy atom. The van der Waals surface area contributed by atoms with Crippen LogP contribution in [-0.2, 0) is 26.2 Å². The number of aryl methyl sites for hydroxylation is 1. The molecule has 1 atom stereocenters. The molecule has 41 heavy (non-hydrogen) atoms. The van der Waals surface area contributed by atoms with Crippen LogP contribution in [-0.4, -0.2) is 43.8 Å². The summed E-state index contributed by atoms with van der Waals surface area (Å²) in [7, 11) is -4.20. The molecule has 7 nitrogen and oxygen atoms in total. The number of amides is 2. The van der Waals surface area contributed by atoms with Crippen LogP contribution in [0.2, 0.25) is 10.0 Å². The Bertz CT molecular complexity index is 1510. The summed E-state index contributed by atoms with van der Waals surface area (Å²) in [4.78, 5) is 28.8. The molecule has 1 aliphatic rings. The summed E-state index contributed by atoms with van der Waals surface area (Å²) in [6, 6.07) is 17.4. The van der Waals surface area contributed by atoms with Gasteiger partial charge < -0.3 is 10.2 Å². The molecule has 11 heteroatoms. The zero-order valence-corrected chi connectivity index (χ0v) is 26.7. The lowest BCUT2D eigenvalue weighted by atomic mass is 10.1. The van der Waals surface area contributed by atoms with E-state index >= 15 is 0 Å². The van der Waals surface area contributed by atoms with Crippen LogP contribution >= 0.6 is 39.1 Å². The summed E-state index contributed by atoms with van der Waals surface area (Å²) < 4.78 is 29.7. The van der Waals surface area contributed by atoms with Crippen LogP contribution in [0.5, 0.6) is 0 Å². The molecule has 1 N–H and O–H groups in total. The Kier molecular flexibility index (Phi) is 10.4. The summed E-state index contributed by atoms with van der Waals surface area (Å²) in [5, 5.41) is 3.47. The minimum atomic E-state index is -4.20. The highest BCUT2D eigenvalue weighted by Gasteiger charge is 2.33. The fraction of sp³-hybridized carbons (Fsp3) is 0.333. The molecule has 2 amide bonds. The van der Waals surface area contributed by atoms with Gasteiger partial charge in [0.25, 0.3) is 10.0 Å². The van der Waals surface area contributed by atoms with Gasteiger partial charge in [-0.25, -0.2) is 8.42 Å². The van der Waals surface area contributed by atoms with Crippen LogP contribution < -0.4 is 9.62 Å². The van der Waals surface area contributed by atoms with Gasteiger partial charge in [0.1, 0.15) is 12.6 Å². The first-order chi connectivity index (χ1) is 19.5. The number of carbonyl (C=O) groups excluding carboxylic acids is 2. The number of anilines is 1. The van der Waals surface area contributed by atoms with Gasteiger partial charge in [0, 0.05) is 17.1 Å². The van der Waals surface area contributed by atoms with Crippen molar-refractivity contribution >= 4 is 66.7 Å². The predicted octanol–water partition coefficient (Wildman–Crippen LogP) is 6.74. The van der Waals surface area contributed by atoms with Gasteiger partial charge in [-0.05, 0) is 74.7 Å². The number of carbonyl (C=O) groups is 2. The smallest absolute Gasteiger partial charge is 0.264 e. The van der Waals surface area contributed by atoms with Gasteiger partial charge in [-0.1, -0.05) is 81.8 Å². The standard InChI is InChI=1S/C30H32BrCl2N3O4S/c1-20-10-13-26(14-11-20)41(39,40)36(25-12-15-27(32)28(33)17-25)19-29(37)35(18-22-6-5-7-23(31)16-22)21(2)30(38)34-24-8-3-4-9-24/h5-7,10-17,21,24H,3-4,8-9,18-19H2,1-2H3,(H,34,38)/t21-/m1/s1. The molecule has 1 aliphatic carbocycles. The highest BCUT2D eigenvalue weighted by molar-refractivity contribution is 9.10. The molecule has 0 aliphatic heterocycles. The largest absolute Gasteiger partial charge is 0.352 e. The average molecular weight is 681 g/mol. The second-order valence-corrected chi connectivity index (χ2v) is 13.8. The number of nitrogens with zero attached hydrogens (tertiary/aromatic N) is 2. The molecular weight excluding hydrogens is 649 g/mol. The van der Waals surface area contributed by atoms with Gasteiger partial charge in [0.2, 0.25) is 11.8 Å². The van der Waals surface area contributed by atoms with Crippen LogP contribution in [0.1, 0.15) is 43.7 Å². The third-order valence-corrected chi connectivity index (χ3v) is 10.2. The molecule has 0 saturated heterocycles. The number of nitrogens with one attached hydrogen (secondary N) is 1. The van der Waals surface area contributed by atoms with Gasteiger partial charge in [-0.15, -0.1) is 0 Å². The zero-order chi connectivity index (χ0) is 29.7. The number of sulfonamides is 1. The second kappa shape index (κ2) is 13.6. The summed E-state index contributed by atoms with van der Waals surface area (Å²) in [5.74, 6) is -0.816. The van der Waals surface area contributed by atoms with Gasteiger partial charge in [-0.3, -0.25) is 13.9 Å². The van der Waals surface area contributed by atoms with Gasteiger partial charge in [0.15, 0.2) is 0 Å². The monoisotopic (exact) mass is 679 g/mol. The van der Waals surface area contributed by atoms with E-state index in [1.54, 1.807) is 19.1 Å². The van der Waals surface area contributed by atoms with E-state index in [4.69, 9.17) is 23.2 Å². The molecule has 3 aromatic carbocycles. The van der Waals surface area contributed by atoms with Crippen molar-refractivity contribution in [1.82, 2.24) is 10.2 Å². The molecule has 0 aromatic heterocycles. The summed E-state index contributed by atoms with van der Waals surface area (Å²) in [6.45, 7) is 3.08. The lowest BCUT2D eigenvalue weighted by Gasteiger charge is -2.32. The van der Waals surface area contributed by atoms with E-state index < -0.39 is 28.5 Å². The van der Waals surface area contributed by atoms with Gasteiger partial charge in [-0.2, -0.15) is 0 Å². The topological polar surface area (TPSA) is 86.8 Å². The van der Waals surface area contributed by atoms with E-state index in [0.717, 1.165) is 45.6 Å². The minimum Gasteiger partial charge on any atom is -0.352 e. The Balaban J connectivity index is 1.70. The van der Waals surface area contributed by atoms with Crippen molar-refractivity contribution in [2.24, 2.45) is 0 Å². The minimum absolute atomic E-state index is 0.0209. The van der Waals surface area contributed by atoms with Crippen molar-refractivity contribution in [3.8, 4) is 0 Å². The van der Waals surface area contributed by atoms with Crippen molar-refractivity contribution in [1.29, 1.82) is 0 Å². The molecular formula is C30H32BrCl2N3O4S. The van der Waals surface area contributed by atoms with Crippen LogP contribution in [0.25, 0.3) is 0 Å². The van der Waals surface area contributed by atoms with E-state index in [1.165, 1.54) is 35.2 Å². The zero-order valence-electron chi connectivity index (χ0n) is 22.8. The third kappa shape index (κ3) is 7.83. The molecule has 0 heterocycles. The quantitative estimate of drug-likeness (QED) is 0.257. The van der Waals surface area contributed by atoms with Crippen LogP contribution in [0.4, 0.5) is 5.69 Å². The molecule has 0 spiro atoms. The molecule has 0 bridgehead atoms. The third-order valence-electron chi connectivity index (χ3n) is 7.19. The van der Waals surface area contributed by atoms with Gasteiger partial charge >= 0.3 is 0 Å². The fourth-order valence-electron chi connectivity index (χ4n) is 4.81. The first-order valence-electron chi connectivity index (χ1n) is 13.3. The maximum Gasteiger partial charge on any atom is 0.264 e. The van der Waals surface area contributed by atoms with E-state index in [9.17, 15) is 18.0 Å². The summed E-state index contributed by atoms with van der Waals surface area (Å²) >= 11 is 15.8. The molecule has 3 aromatic rings. The highest BCUT2D eigenvalue weighted by Crippen LogP contribution is 2.31. The van der Waals surface area contributed by atoms with Gasteiger partial charge in [0.05, 0.1) is 20.6 Å². The predicted molar refractivity (Wildman–Crippen MR) is 167 cm³/mol. The van der Waals surface area contributed by atoms with Crippen molar-refractivity contribution in [2.75, 3.05) is 10.8 Å². The van der Waals surface area contributed by atoms with E-state index in [-0.39, 0.29) is 39.1 Å². The second-order valence-electron chi connectivity index (χ2n) is 10.2. The van der Waals surface area contributed by atoms with Crippen LogP contribution in [0, 0.1) is 6.92 Å². The average Bonchev–Trinajstić information content (AvgIpc) is 3.44. The fourth-order valence-corrected chi connectivity index (χ4v) is 6.96. The number of hydrogen-bond acceptors (Lipinski definition) is 4. The number of hydrogen-bond donors (Lipinski definition) is 1. The highest BCUT2D eigenvalue weighted by atomic mass is 79.9. The molecule has 0 radical (unpaired) electrons. The van der Waals surface area contributed by atoms with Crippen LogP contribution in [0.15, 0.2) is 76.1 Å². The Labute approximate surface area is 260 Å². The number of halogens is 3. The molecule has 218 valence electrons. The molecule has 1 saturated carbocycles. The summed E-state index contributed by atoms with van der Waals surface area (Å²) in [6.07, 6.45) is 3.90. The van der Waals surface area contributed by atoms with E-state index in [2.05, 4.69) is 21.2 Å².